The molecule has 0 amide bonds. The van der Waals surface area contributed by atoms with Gasteiger partial charge in [-0.05, 0) is 12.0 Å². The Bertz CT molecular complexity index is 1120. The van der Waals surface area contributed by atoms with Crippen LogP contribution in [0.25, 0.3) is 0 Å². The first-order chi connectivity index (χ1) is 13.5. The zero-order chi connectivity index (χ0) is 23.1. The Morgan fingerprint density at radius 3 is 2.30 bits per heavy atom. The second kappa shape index (κ2) is 8.47. The van der Waals surface area contributed by atoms with Crippen molar-refractivity contribution in [2.45, 2.75) is 24.2 Å². The molecule has 1 aliphatic rings. The number of hydrogen-bond acceptors (Lipinski definition) is 11. The number of phosphoric acid groups is 3. The number of hydrogen-bond donors (Lipinski definition) is 7. The van der Waals surface area contributed by atoms with E-state index in [1.807, 2.05) is 0 Å². The van der Waals surface area contributed by atoms with Crippen LogP contribution in [0.15, 0.2) is 17.1 Å². The minimum atomic E-state index is -5.90. The molecular weight excluding hydrogens is 497 g/mol. The van der Waals surface area contributed by atoms with E-state index in [-0.39, 0.29) is 4.64 Å². The number of aliphatic hydroxyl groups is 2. The van der Waals surface area contributed by atoms with Gasteiger partial charge in [-0.15, -0.1) is 6.42 Å². The monoisotopic (exact) mass is 510 g/mol. The first kappa shape index (κ1) is 25.2. The van der Waals surface area contributed by atoms with E-state index >= 15 is 0 Å². The molecule has 1 aliphatic heterocycles. The lowest BCUT2D eigenvalue weighted by Gasteiger charge is -2.28. The molecule has 1 aromatic rings. The normalized spacial score (nSPS) is 30.9. The number of terminal acetylenes is 1. The fourth-order valence-electron chi connectivity index (χ4n) is 2.24. The molecule has 1 aromatic heterocycles. The topological polar surface area (TPSA) is 247 Å². The fourth-order valence-corrected chi connectivity index (χ4v) is 5.57. The summed E-state index contributed by atoms with van der Waals surface area (Å²) in [4.78, 5) is 50.0. The number of nitrogens with zero attached hydrogens (tertiary/aromatic N) is 1. The van der Waals surface area contributed by atoms with Gasteiger partial charge in [-0.2, -0.15) is 8.62 Å². The van der Waals surface area contributed by atoms with Crippen molar-refractivity contribution in [3.05, 3.63) is 27.4 Å². The molecule has 0 radical (unpaired) electrons. The second-order valence-corrected chi connectivity index (χ2v) is 10.2. The summed E-state index contributed by atoms with van der Waals surface area (Å²) >= 11 is 4.73. The van der Waals surface area contributed by atoms with E-state index in [1.165, 1.54) is 6.07 Å². The highest BCUT2D eigenvalue weighted by Crippen LogP contribution is 2.67. The molecule has 2 unspecified atom stereocenters. The molecule has 16 nitrogen and oxygen atoms in total. The quantitative estimate of drug-likeness (QED) is 0.130. The highest BCUT2D eigenvalue weighted by Gasteiger charge is 2.60. The van der Waals surface area contributed by atoms with Crippen molar-refractivity contribution >= 4 is 35.7 Å². The van der Waals surface area contributed by atoms with Crippen LogP contribution in [0.5, 0.6) is 0 Å². The van der Waals surface area contributed by atoms with Crippen molar-refractivity contribution in [3.8, 4) is 12.3 Å². The van der Waals surface area contributed by atoms with Crippen LogP contribution < -0.4 is 5.69 Å². The maximum Gasteiger partial charge on any atom is 0.490 e. The standard InChI is InChI=1S/C10H13N2O14P3S/c1-2-10(24-28(19,20)26-29(21,22)25-27(16,17)18)7(14)6(13)8(23-10)12-4-3-5(30)11-9(12)15/h1,3-4,6-8,13-14H,(H,19,20)(H,21,22)(H,11,15,30)(H2,16,17,18)/t6-,7+,8+,10+/m0/s1. The number of aromatic amines is 1. The van der Waals surface area contributed by atoms with Crippen LogP contribution in [0.3, 0.4) is 0 Å². The molecule has 0 aliphatic carbocycles. The molecule has 7 N–H and O–H groups in total. The first-order valence-corrected chi connectivity index (χ1v) is 12.1. The summed E-state index contributed by atoms with van der Waals surface area (Å²) < 4.78 is 51.2. The molecule has 0 spiro atoms. The maximum absolute atomic E-state index is 12.0. The molecule has 0 aromatic carbocycles. The van der Waals surface area contributed by atoms with Crippen LogP contribution in [0.4, 0.5) is 0 Å². The van der Waals surface area contributed by atoms with E-state index in [9.17, 15) is 33.6 Å². The molecule has 30 heavy (non-hydrogen) atoms. The summed E-state index contributed by atoms with van der Waals surface area (Å²) in [6, 6.07) is 1.19. The summed E-state index contributed by atoms with van der Waals surface area (Å²) in [6.07, 6.45) is -0.00992. The van der Waals surface area contributed by atoms with Crippen LogP contribution in [0.2, 0.25) is 0 Å². The average molecular weight is 510 g/mol. The van der Waals surface area contributed by atoms with Gasteiger partial charge >= 0.3 is 29.2 Å². The van der Waals surface area contributed by atoms with Crippen LogP contribution in [0, 0.1) is 17.0 Å². The van der Waals surface area contributed by atoms with E-state index in [0.717, 1.165) is 6.20 Å². The van der Waals surface area contributed by atoms with Gasteiger partial charge < -0.3 is 34.5 Å². The lowest BCUT2D eigenvalue weighted by Crippen LogP contribution is -2.43. The lowest BCUT2D eigenvalue weighted by atomic mass is 10.1. The van der Waals surface area contributed by atoms with E-state index in [1.54, 1.807) is 5.92 Å². The Balaban J connectivity index is 2.34. The Hall–Kier alpha value is -1.05. The van der Waals surface area contributed by atoms with Gasteiger partial charge in [0.15, 0.2) is 12.3 Å². The molecule has 1 fully saturated rings. The minimum Gasteiger partial charge on any atom is -0.385 e. The molecule has 20 heteroatoms. The number of phosphoric ester groups is 1. The predicted molar refractivity (Wildman–Crippen MR) is 94.5 cm³/mol. The van der Waals surface area contributed by atoms with Crippen LogP contribution >= 0.6 is 35.7 Å². The molecule has 6 atom stereocenters. The van der Waals surface area contributed by atoms with Crippen molar-refractivity contribution in [3.63, 3.8) is 0 Å². The zero-order valence-corrected chi connectivity index (χ0v) is 17.6. The van der Waals surface area contributed by atoms with Crippen molar-refractivity contribution < 1.29 is 61.4 Å². The number of ether oxygens (including phenoxy) is 1. The van der Waals surface area contributed by atoms with Crippen LogP contribution in [-0.4, -0.2) is 57.3 Å². The van der Waals surface area contributed by atoms with Gasteiger partial charge in [0.25, 0.3) is 5.79 Å². The van der Waals surface area contributed by atoms with Crippen molar-refractivity contribution in [1.29, 1.82) is 0 Å². The fraction of sp³-hybridized carbons (Fsp3) is 0.400. The average Bonchev–Trinajstić information content (AvgIpc) is 2.76. The van der Waals surface area contributed by atoms with Crippen molar-refractivity contribution in [1.82, 2.24) is 9.55 Å². The second-order valence-electron chi connectivity index (χ2n) is 5.46. The Morgan fingerprint density at radius 2 is 1.80 bits per heavy atom. The van der Waals surface area contributed by atoms with Gasteiger partial charge in [0.2, 0.25) is 0 Å². The van der Waals surface area contributed by atoms with Crippen LogP contribution in [0.1, 0.15) is 6.23 Å². The van der Waals surface area contributed by atoms with Gasteiger partial charge in [0.1, 0.15) is 10.7 Å². The SMILES string of the molecule is C#C[C@]1(OP(=O)(O)OP(=O)(O)OP(=O)(O)O)O[C@@H](n2ccc(=S)[nH]c2=O)[C@@H](O)[C@H]1O. The number of H-pyrrole nitrogens is 1. The molecule has 0 bridgehead atoms. The minimum absolute atomic E-state index is 0.000705. The Labute approximate surface area is 171 Å². The number of nitrogens with one attached hydrogen (secondary N) is 1. The highest BCUT2D eigenvalue weighted by molar-refractivity contribution is 7.71. The van der Waals surface area contributed by atoms with Gasteiger partial charge in [-0.1, -0.05) is 12.2 Å². The van der Waals surface area contributed by atoms with Gasteiger partial charge in [0.05, 0.1) is 0 Å². The van der Waals surface area contributed by atoms with Gasteiger partial charge in [-0.25, -0.2) is 23.0 Å². The van der Waals surface area contributed by atoms with Crippen molar-refractivity contribution in [2.75, 3.05) is 0 Å². The Kier molecular flexibility index (Phi) is 7.12. The van der Waals surface area contributed by atoms with E-state index < -0.39 is 53.4 Å². The summed E-state index contributed by atoms with van der Waals surface area (Å²) in [6.45, 7) is 0. The summed E-state index contributed by atoms with van der Waals surface area (Å²) in [7, 11) is -17.4. The lowest BCUT2D eigenvalue weighted by molar-refractivity contribution is -0.187. The maximum atomic E-state index is 12.0. The van der Waals surface area contributed by atoms with E-state index in [2.05, 4.69) is 18.1 Å². The number of rotatable bonds is 7. The van der Waals surface area contributed by atoms with Crippen LogP contribution in [-0.2, 0) is 31.6 Å². The molecule has 168 valence electrons. The van der Waals surface area contributed by atoms with Gasteiger partial charge in [0, 0.05) is 6.20 Å². The van der Waals surface area contributed by atoms with Crippen molar-refractivity contribution in [2.24, 2.45) is 0 Å². The summed E-state index contributed by atoms with van der Waals surface area (Å²) in [5.74, 6) is -1.43. The van der Waals surface area contributed by atoms with E-state index in [4.69, 9.17) is 38.1 Å². The number of aromatic nitrogens is 2. The zero-order valence-electron chi connectivity index (χ0n) is 14.1. The number of aliphatic hydroxyl groups excluding tert-OH is 2. The summed E-state index contributed by atoms with van der Waals surface area (Å²) in [5.41, 5.74) is -0.940. The Morgan fingerprint density at radius 1 is 1.20 bits per heavy atom. The smallest absolute Gasteiger partial charge is 0.385 e. The van der Waals surface area contributed by atoms with E-state index in [0.29, 0.717) is 4.57 Å². The molecular formula is C10H13N2O14P3S. The first-order valence-electron chi connectivity index (χ1n) is 7.19. The third-order valence-corrected chi connectivity index (χ3v) is 7.36. The predicted octanol–water partition coefficient (Wildman–Crippen LogP) is -1.17. The van der Waals surface area contributed by atoms with Gasteiger partial charge in [-0.3, -0.25) is 9.55 Å². The molecule has 1 saturated heterocycles. The summed E-state index contributed by atoms with van der Waals surface area (Å²) in [5, 5.41) is 20.3. The molecule has 2 rings (SSSR count). The third-order valence-electron chi connectivity index (χ3n) is 3.29. The molecule has 0 saturated carbocycles. The highest BCUT2D eigenvalue weighted by atomic mass is 32.1. The molecule has 2 heterocycles. The third kappa shape index (κ3) is 5.80. The largest absolute Gasteiger partial charge is 0.490 e.